The molecular formula is C14H19N5O. The van der Waals surface area contributed by atoms with E-state index < -0.39 is 0 Å². The van der Waals surface area contributed by atoms with Gasteiger partial charge in [0.05, 0.1) is 11.8 Å². The van der Waals surface area contributed by atoms with Gasteiger partial charge in [0, 0.05) is 13.2 Å². The van der Waals surface area contributed by atoms with Gasteiger partial charge >= 0.3 is 0 Å². The minimum Gasteiger partial charge on any atom is -0.381 e. The third-order valence-electron chi connectivity index (χ3n) is 3.76. The molecule has 1 aliphatic carbocycles. The maximum absolute atomic E-state index is 5.46. The van der Waals surface area contributed by atoms with Crippen molar-refractivity contribution in [2.75, 3.05) is 12.4 Å². The molecule has 2 atom stereocenters. The van der Waals surface area contributed by atoms with Gasteiger partial charge in [-0.2, -0.15) is 4.68 Å². The summed E-state index contributed by atoms with van der Waals surface area (Å²) in [5.74, 6) is 0.693. The molecule has 1 N–H and O–H groups in total. The molecule has 1 aliphatic rings. The topological polar surface area (TPSA) is 64.9 Å². The molecule has 0 aliphatic heterocycles. The highest BCUT2D eigenvalue weighted by atomic mass is 16.5. The van der Waals surface area contributed by atoms with Crippen LogP contribution in [0.2, 0.25) is 0 Å². The Kier molecular flexibility index (Phi) is 3.92. The fraction of sp³-hybridized carbons (Fsp3) is 0.500. The number of nitrogens with zero attached hydrogens (tertiary/aromatic N) is 4. The lowest BCUT2D eigenvalue weighted by Crippen LogP contribution is -2.32. The van der Waals surface area contributed by atoms with Crippen molar-refractivity contribution in [1.82, 2.24) is 20.2 Å². The zero-order valence-electron chi connectivity index (χ0n) is 11.6. The van der Waals surface area contributed by atoms with Gasteiger partial charge in [-0.05, 0) is 48.2 Å². The Balaban J connectivity index is 1.74. The van der Waals surface area contributed by atoms with Crippen LogP contribution < -0.4 is 5.32 Å². The second kappa shape index (κ2) is 6.00. The molecule has 2 aromatic rings. The number of para-hydroxylation sites is 1. The Morgan fingerprint density at radius 1 is 1.25 bits per heavy atom. The predicted molar refractivity (Wildman–Crippen MR) is 75.8 cm³/mol. The molecule has 0 saturated heterocycles. The zero-order chi connectivity index (χ0) is 13.8. The number of ether oxygens (including phenoxy) is 1. The molecule has 0 radical (unpaired) electrons. The molecule has 1 aromatic heterocycles. The summed E-state index contributed by atoms with van der Waals surface area (Å²) in [7, 11) is 1.78. The first-order valence-corrected chi connectivity index (χ1v) is 7.00. The summed E-state index contributed by atoms with van der Waals surface area (Å²) in [4.78, 5) is 0. The fourth-order valence-electron chi connectivity index (χ4n) is 2.69. The quantitative estimate of drug-likeness (QED) is 0.923. The highest BCUT2D eigenvalue weighted by molar-refractivity contribution is 5.38. The standard InChI is InChI=1S/C14H19N5O/c1-20-13-9-5-6-11(10-13)15-14-16-17-18-19(14)12-7-3-2-4-8-12/h2-4,7-8,11,13H,5-6,9-10H2,1H3,(H,15,16,18). The monoisotopic (exact) mass is 273 g/mol. The molecule has 3 rings (SSSR count). The first-order valence-electron chi connectivity index (χ1n) is 7.00. The minimum absolute atomic E-state index is 0.335. The smallest absolute Gasteiger partial charge is 0.247 e. The lowest BCUT2D eigenvalue weighted by Gasteiger charge is -2.28. The molecule has 1 aromatic carbocycles. The molecule has 1 fully saturated rings. The van der Waals surface area contributed by atoms with Crippen LogP contribution in [0.4, 0.5) is 5.95 Å². The molecule has 0 spiro atoms. The predicted octanol–water partition coefficient (Wildman–Crippen LogP) is 2.03. The third-order valence-corrected chi connectivity index (χ3v) is 3.76. The lowest BCUT2D eigenvalue weighted by atomic mass is 9.93. The summed E-state index contributed by atoms with van der Waals surface area (Å²) in [6.45, 7) is 0. The van der Waals surface area contributed by atoms with E-state index in [4.69, 9.17) is 4.74 Å². The Hall–Kier alpha value is -1.95. The summed E-state index contributed by atoms with van der Waals surface area (Å²) >= 11 is 0. The molecule has 106 valence electrons. The normalized spacial score (nSPS) is 22.6. The van der Waals surface area contributed by atoms with Gasteiger partial charge in [-0.1, -0.05) is 23.3 Å². The summed E-state index contributed by atoms with van der Waals surface area (Å²) in [5, 5.41) is 15.4. The molecule has 6 nitrogen and oxygen atoms in total. The van der Waals surface area contributed by atoms with Crippen molar-refractivity contribution in [2.45, 2.75) is 37.8 Å². The summed E-state index contributed by atoms with van der Waals surface area (Å²) in [6, 6.07) is 10.3. The SMILES string of the molecule is COC1CCCC(Nc2nnnn2-c2ccccc2)C1. The van der Waals surface area contributed by atoms with Gasteiger partial charge in [-0.25, -0.2) is 0 Å². The van der Waals surface area contributed by atoms with Crippen LogP contribution in [-0.2, 0) is 4.74 Å². The number of nitrogens with one attached hydrogen (secondary N) is 1. The molecular weight excluding hydrogens is 254 g/mol. The van der Waals surface area contributed by atoms with Crippen molar-refractivity contribution in [3.63, 3.8) is 0 Å². The van der Waals surface area contributed by atoms with Gasteiger partial charge in [0.15, 0.2) is 0 Å². The average Bonchev–Trinajstić information content (AvgIpc) is 2.96. The van der Waals surface area contributed by atoms with Crippen LogP contribution in [0.25, 0.3) is 5.69 Å². The number of methoxy groups -OCH3 is 1. The molecule has 6 heteroatoms. The van der Waals surface area contributed by atoms with Gasteiger partial charge in [0.1, 0.15) is 0 Å². The second-order valence-electron chi connectivity index (χ2n) is 5.12. The fourth-order valence-corrected chi connectivity index (χ4v) is 2.69. The highest BCUT2D eigenvalue weighted by Gasteiger charge is 2.23. The number of hydrogen-bond acceptors (Lipinski definition) is 5. The second-order valence-corrected chi connectivity index (χ2v) is 5.12. The Bertz CT molecular complexity index is 542. The van der Waals surface area contributed by atoms with Gasteiger partial charge in [-0.3, -0.25) is 0 Å². The van der Waals surface area contributed by atoms with E-state index in [1.54, 1.807) is 11.8 Å². The molecule has 2 unspecified atom stereocenters. The van der Waals surface area contributed by atoms with E-state index in [0.717, 1.165) is 24.9 Å². The van der Waals surface area contributed by atoms with Crippen molar-refractivity contribution in [1.29, 1.82) is 0 Å². The molecule has 1 heterocycles. The van der Waals surface area contributed by atoms with Crippen molar-refractivity contribution in [3.05, 3.63) is 30.3 Å². The first-order chi connectivity index (χ1) is 9.86. The van der Waals surface area contributed by atoms with E-state index in [9.17, 15) is 0 Å². The van der Waals surface area contributed by atoms with E-state index in [1.165, 1.54) is 6.42 Å². The van der Waals surface area contributed by atoms with Crippen molar-refractivity contribution in [2.24, 2.45) is 0 Å². The first kappa shape index (κ1) is 13.1. The number of aromatic nitrogens is 4. The maximum atomic E-state index is 5.46. The van der Waals surface area contributed by atoms with E-state index in [-0.39, 0.29) is 0 Å². The molecule has 0 amide bonds. The zero-order valence-corrected chi connectivity index (χ0v) is 11.6. The molecule has 20 heavy (non-hydrogen) atoms. The summed E-state index contributed by atoms with van der Waals surface area (Å²) < 4.78 is 7.19. The van der Waals surface area contributed by atoms with Crippen LogP contribution in [0.1, 0.15) is 25.7 Å². The van der Waals surface area contributed by atoms with Crippen LogP contribution in [0.5, 0.6) is 0 Å². The average molecular weight is 273 g/mol. The Morgan fingerprint density at radius 3 is 2.90 bits per heavy atom. The third kappa shape index (κ3) is 2.80. The van der Waals surface area contributed by atoms with Gasteiger partial charge in [-0.15, -0.1) is 0 Å². The van der Waals surface area contributed by atoms with E-state index in [2.05, 4.69) is 20.8 Å². The molecule has 1 saturated carbocycles. The van der Waals surface area contributed by atoms with Gasteiger partial charge < -0.3 is 10.1 Å². The molecule has 0 bridgehead atoms. The summed E-state index contributed by atoms with van der Waals surface area (Å²) in [6.07, 6.45) is 4.77. The van der Waals surface area contributed by atoms with Crippen molar-refractivity contribution in [3.8, 4) is 5.69 Å². The van der Waals surface area contributed by atoms with Crippen molar-refractivity contribution >= 4 is 5.95 Å². The van der Waals surface area contributed by atoms with E-state index in [1.807, 2.05) is 30.3 Å². The summed E-state index contributed by atoms with van der Waals surface area (Å²) in [5.41, 5.74) is 0.958. The maximum Gasteiger partial charge on any atom is 0.247 e. The Morgan fingerprint density at radius 2 is 2.10 bits per heavy atom. The van der Waals surface area contributed by atoms with Gasteiger partial charge in [0.2, 0.25) is 5.95 Å². The Labute approximate surface area is 118 Å². The van der Waals surface area contributed by atoms with Crippen LogP contribution >= 0.6 is 0 Å². The van der Waals surface area contributed by atoms with Crippen molar-refractivity contribution < 1.29 is 4.74 Å². The highest BCUT2D eigenvalue weighted by Crippen LogP contribution is 2.23. The van der Waals surface area contributed by atoms with Crippen LogP contribution in [0.3, 0.4) is 0 Å². The number of hydrogen-bond donors (Lipinski definition) is 1. The lowest BCUT2D eigenvalue weighted by molar-refractivity contribution is 0.0668. The number of tetrazole rings is 1. The largest absolute Gasteiger partial charge is 0.381 e. The van der Waals surface area contributed by atoms with E-state index >= 15 is 0 Å². The van der Waals surface area contributed by atoms with Gasteiger partial charge in [0.25, 0.3) is 0 Å². The minimum atomic E-state index is 0.335. The number of anilines is 1. The van der Waals surface area contributed by atoms with E-state index in [0.29, 0.717) is 18.1 Å². The van der Waals surface area contributed by atoms with Crippen LogP contribution in [-0.4, -0.2) is 39.5 Å². The number of rotatable bonds is 4. The van der Waals surface area contributed by atoms with Crippen LogP contribution in [0.15, 0.2) is 30.3 Å². The van der Waals surface area contributed by atoms with Crippen LogP contribution in [0, 0.1) is 0 Å². The number of benzene rings is 1.